The van der Waals surface area contributed by atoms with Gasteiger partial charge in [0, 0.05) is 19.6 Å². The van der Waals surface area contributed by atoms with Gasteiger partial charge in [-0.05, 0) is 44.4 Å². The van der Waals surface area contributed by atoms with Crippen molar-refractivity contribution in [1.29, 1.82) is 0 Å². The first-order chi connectivity index (χ1) is 16.9. The van der Waals surface area contributed by atoms with Crippen LogP contribution in [0.2, 0.25) is 0 Å². The number of aliphatic hydroxyl groups is 1. The minimum absolute atomic E-state index is 0.156. The lowest BCUT2D eigenvalue weighted by atomic mass is 9.75. The summed E-state index contributed by atoms with van der Waals surface area (Å²) in [7, 11) is 0. The second kappa shape index (κ2) is 10.5. The van der Waals surface area contributed by atoms with Crippen LogP contribution in [0.1, 0.15) is 42.6 Å². The molecule has 2 atom stereocenters. The third kappa shape index (κ3) is 4.62. The van der Waals surface area contributed by atoms with Crippen molar-refractivity contribution < 1.29 is 29.0 Å². The van der Waals surface area contributed by atoms with Gasteiger partial charge in [-0.25, -0.2) is 0 Å². The Bertz CT molecular complexity index is 1060. The largest absolute Gasteiger partial charge is 0.493 e. The Labute approximate surface area is 205 Å². The average molecular weight is 481 g/mol. The quantitative estimate of drug-likeness (QED) is 0.612. The molecule has 0 bridgehead atoms. The second-order valence-corrected chi connectivity index (χ2v) is 8.91. The van der Waals surface area contributed by atoms with Gasteiger partial charge in [-0.1, -0.05) is 42.5 Å². The van der Waals surface area contributed by atoms with E-state index >= 15 is 0 Å². The number of nitrogens with zero attached hydrogens (tertiary/aromatic N) is 2. The number of rotatable bonds is 7. The number of piperidine rings is 1. The standard InChI is InChI=1S/C27H32N2O6/c1-3-34-21-13-9-8-12-20(21)24(31)28-16-14-27(15-17-28)22(26(33)35-4-2)23(30)25(32)29(27)18-19-10-6-5-7-11-19/h5-13,22-23,30H,3-4,14-18H2,1-2H3/t22-,23+/m0/s1. The fourth-order valence-electron chi connectivity index (χ4n) is 5.34. The molecule has 2 aromatic carbocycles. The molecule has 1 spiro atoms. The van der Waals surface area contributed by atoms with E-state index in [2.05, 4.69) is 0 Å². The van der Waals surface area contributed by atoms with E-state index in [-0.39, 0.29) is 19.1 Å². The Balaban J connectivity index is 1.62. The van der Waals surface area contributed by atoms with Crippen LogP contribution < -0.4 is 4.74 Å². The summed E-state index contributed by atoms with van der Waals surface area (Å²) >= 11 is 0. The van der Waals surface area contributed by atoms with Gasteiger partial charge in [-0.3, -0.25) is 14.4 Å². The summed E-state index contributed by atoms with van der Waals surface area (Å²) in [6.45, 7) is 5.11. The van der Waals surface area contributed by atoms with Crippen LogP contribution >= 0.6 is 0 Å². The third-order valence-electron chi connectivity index (χ3n) is 7.01. The lowest BCUT2D eigenvalue weighted by molar-refractivity contribution is -0.156. The molecular weight excluding hydrogens is 448 g/mol. The van der Waals surface area contributed by atoms with Gasteiger partial charge in [0.2, 0.25) is 0 Å². The molecule has 0 aliphatic carbocycles. The molecule has 0 saturated carbocycles. The van der Waals surface area contributed by atoms with Crippen molar-refractivity contribution >= 4 is 17.8 Å². The molecule has 2 aromatic rings. The number of amides is 2. The zero-order chi connectivity index (χ0) is 25.0. The van der Waals surface area contributed by atoms with E-state index in [1.165, 1.54) is 0 Å². The molecule has 2 heterocycles. The zero-order valence-corrected chi connectivity index (χ0v) is 20.2. The molecule has 4 rings (SSSR count). The number of hydrogen-bond acceptors (Lipinski definition) is 6. The lowest BCUT2D eigenvalue weighted by Gasteiger charge is -2.47. The van der Waals surface area contributed by atoms with E-state index < -0.39 is 29.4 Å². The molecule has 8 nitrogen and oxygen atoms in total. The Morgan fingerprint density at radius 2 is 1.66 bits per heavy atom. The summed E-state index contributed by atoms with van der Waals surface area (Å²) in [6, 6.07) is 16.6. The van der Waals surface area contributed by atoms with E-state index in [1.807, 2.05) is 43.3 Å². The van der Waals surface area contributed by atoms with Gasteiger partial charge < -0.3 is 24.4 Å². The van der Waals surface area contributed by atoms with Crippen molar-refractivity contribution in [2.24, 2.45) is 5.92 Å². The van der Waals surface area contributed by atoms with Crippen molar-refractivity contribution in [1.82, 2.24) is 9.80 Å². The number of hydrogen-bond donors (Lipinski definition) is 1. The number of esters is 1. The highest BCUT2D eigenvalue weighted by Crippen LogP contribution is 2.45. The number of carbonyl (C=O) groups is 3. The molecule has 0 aromatic heterocycles. The highest BCUT2D eigenvalue weighted by molar-refractivity contribution is 5.97. The SMILES string of the molecule is CCOC(=O)[C@@H]1[C@@H](O)C(=O)N(Cc2ccccc2)C12CCN(C(=O)c1ccccc1OCC)CC2. The van der Waals surface area contributed by atoms with Crippen LogP contribution in [0.3, 0.4) is 0 Å². The number of likely N-dealkylation sites (tertiary alicyclic amines) is 2. The molecule has 2 fully saturated rings. The van der Waals surface area contributed by atoms with E-state index in [4.69, 9.17) is 9.47 Å². The van der Waals surface area contributed by atoms with E-state index in [1.54, 1.807) is 34.9 Å². The Morgan fingerprint density at radius 3 is 2.31 bits per heavy atom. The normalized spacial score (nSPS) is 21.3. The van der Waals surface area contributed by atoms with Gasteiger partial charge in [0.05, 0.1) is 24.3 Å². The van der Waals surface area contributed by atoms with Gasteiger partial charge >= 0.3 is 5.97 Å². The van der Waals surface area contributed by atoms with Gasteiger partial charge in [0.25, 0.3) is 11.8 Å². The molecule has 2 amide bonds. The number of carbonyl (C=O) groups excluding carboxylic acids is 3. The van der Waals surface area contributed by atoms with Gasteiger partial charge in [0.1, 0.15) is 17.8 Å². The molecule has 35 heavy (non-hydrogen) atoms. The summed E-state index contributed by atoms with van der Waals surface area (Å²) in [5, 5.41) is 10.9. The summed E-state index contributed by atoms with van der Waals surface area (Å²) < 4.78 is 10.9. The number of benzene rings is 2. The average Bonchev–Trinajstić information content (AvgIpc) is 3.06. The topological polar surface area (TPSA) is 96.4 Å². The monoisotopic (exact) mass is 480 g/mol. The van der Waals surface area contributed by atoms with Crippen molar-refractivity contribution in [2.75, 3.05) is 26.3 Å². The summed E-state index contributed by atoms with van der Waals surface area (Å²) in [5.41, 5.74) is 0.450. The first-order valence-corrected chi connectivity index (χ1v) is 12.1. The van der Waals surface area contributed by atoms with Crippen LogP contribution in [-0.2, 0) is 20.9 Å². The van der Waals surface area contributed by atoms with Crippen molar-refractivity contribution in [3.63, 3.8) is 0 Å². The lowest BCUT2D eigenvalue weighted by Crippen LogP contribution is -2.58. The Hall–Kier alpha value is -3.39. The first kappa shape index (κ1) is 24.7. The third-order valence-corrected chi connectivity index (χ3v) is 7.01. The van der Waals surface area contributed by atoms with Crippen LogP contribution in [0.4, 0.5) is 0 Å². The summed E-state index contributed by atoms with van der Waals surface area (Å²) in [6.07, 6.45) is -0.762. The predicted octanol–water partition coefficient (Wildman–Crippen LogP) is 2.64. The van der Waals surface area contributed by atoms with Crippen LogP contribution in [0.15, 0.2) is 54.6 Å². The molecule has 2 aliphatic heterocycles. The number of para-hydroxylation sites is 1. The maximum atomic E-state index is 13.3. The zero-order valence-electron chi connectivity index (χ0n) is 20.2. The molecule has 0 unspecified atom stereocenters. The first-order valence-electron chi connectivity index (χ1n) is 12.1. The molecule has 0 radical (unpaired) electrons. The number of ether oxygens (including phenoxy) is 2. The molecule has 2 saturated heterocycles. The van der Waals surface area contributed by atoms with Crippen LogP contribution in [0.5, 0.6) is 5.75 Å². The minimum Gasteiger partial charge on any atom is -0.493 e. The Morgan fingerprint density at radius 1 is 1.00 bits per heavy atom. The highest BCUT2D eigenvalue weighted by atomic mass is 16.5. The van der Waals surface area contributed by atoms with Crippen LogP contribution in [-0.4, -0.2) is 70.6 Å². The van der Waals surface area contributed by atoms with Crippen molar-refractivity contribution in [2.45, 2.75) is 44.9 Å². The summed E-state index contributed by atoms with van der Waals surface area (Å²) in [4.78, 5) is 42.9. The molecule has 8 heteroatoms. The molecule has 2 aliphatic rings. The predicted molar refractivity (Wildman–Crippen MR) is 129 cm³/mol. The minimum atomic E-state index is -1.47. The summed E-state index contributed by atoms with van der Waals surface area (Å²) in [5.74, 6) is -1.69. The van der Waals surface area contributed by atoms with Gasteiger partial charge in [-0.15, -0.1) is 0 Å². The maximum absolute atomic E-state index is 13.3. The fraction of sp³-hybridized carbons (Fsp3) is 0.444. The smallest absolute Gasteiger partial charge is 0.314 e. The van der Waals surface area contributed by atoms with Crippen LogP contribution in [0, 0.1) is 5.92 Å². The maximum Gasteiger partial charge on any atom is 0.314 e. The molecule has 1 N–H and O–H groups in total. The highest BCUT2D eigenvalue weighted by Gasteiger charge is 2.62. The second-order valence-electron chi connectivity index (χ2n) is 8.91. The fourth-order valence-corrected chi connectivity index (χ4v) is 5.34. The van der Waals surface area contributed by atoms with E-state index in [9.17, 15) is 19.5 Å². The van der Waals surface area contributed by atoms with Crippen LogP contribution in [0.25, 0.3) is 0 Å². The van der Waals surface area contributed by atoms with Gasteiger partial charge in [-0.2, -0.15) is 0 Å². The van der Waals surface area contributed by atoms with E-state index in [0.29, 0.717) is 43.9 Å². The Kier molecular flexibility index (Phi) is 7.40. The number of aliphatic hydroxyl groups excluding tert-OH is 1. The van der Waals surface area contributed by atoms with Gasteiger partial charge in [0.15, 0.2) is 0 Å². The van der Waals surface area contributed by atoms with E-state index in [0.717, 1.165) is 5.56 Å². The van der Waals surface area contributed by atoms with Crippen molar-refractivity contribution in [3.8, 4) is 5.75 Å². The molecular formula is C27H32N2O6. The molecule has 186 valence electrons. The van der Waals surface area contributed by atoms with Crippen molar-refractivity contribution in [3.05, 3.63) is 65.7 Å².